The Labute approximate surface area is 125 Å². The van der Waals surface area contributed by atoms with Crippen LogP contribution in [0.1, 0.15) is 37.7 Å². The second-order valence-electron chi connectivity index (χ2n) is 5.87. The molecule has 1 amide bonds. The fourth-order valence-corrected chi connectivity index (χ4v) is 2.95. The molecular formula is C16H24N2O3. The maximum Gasteiger partial charge on any atom is 0.239 e. The largest absolute Gasteiger partial charge is 0.504 e. The summed E-state index contributed by atoms with van der Waals surface area (Å²) in [6.07, 6.45) is 6.04. The molecule has 1 fully saturated rings. The molecule has 0 spiro atoms. The van der Waals surface area contributed by atoms with Gasteiger partial charge in [-0.15, -0.1) is 0 Å². The van der Waals surface area contributed by atoms with Crippen LogP contribution >= 0.6 is 0 Å². The van der Waals surface area contributed by atoms with Gasteiger partial charge in [0, 0.05) is 13.1 Å². The van der Waals surface area contributed by atoms with E-state index < -0.39 is 6.04 Å². The van der Waals surface area contributed by atoms with E-state index in [1.165, 1.54) is 31.4 Å². The van der Waals surface area contributed by atoms with Crippen LogP contribution in [0.2, 0.25) is 0 Å². The Morgan fingerprint density at radius 1 is 1.29 bits per heavy atom. The number of hydrogen-bond acceptors (Lipinski definition) is 4. The molecule has 1 aliphatic rings. The molecule has 0 radical (unpaired) electrons. The minimum absolute atomic E-state index is 0.0607. The highest BCUT2D eigenvalue weighted by Gasteiger charge is 2.26. The molecule has 5 heteroatoms. The van der Waals surface area contributed by atoms with Gasteiger partial charge in [0.2, 0.25) is 5.91 Å². The number of phenolic OH excluding ortho intramolecular Hbond substituents is 2. The van der Waals surface area contributed by atoms with E-state index in [1.807, 2.05) is 7.05 Å². The highest BCUT2D eigenvalue weighted by molar-refractivity contribution is 5.82. The van der Waals surface area contributed by atoms with Crippen molar-refractivity contribution in [3.63, 3.8) is 0 Å². The molecule has 0 saturated heterocycles. The predicted octanol–water partition coefficient (Wildman–Crippen LogP) is 1.76. The van der Waals surface area contributed by atoms with E-state index in [-0.39, 0.29) is 17.4 Å². The molecule has 1 aromatic carbocycles. The number of nitrogens with zero attached hydrogens (tertiary/aromatic N) is 1. The predicted molar refractivity (Wildman–Crippen MR) is 81.1 cm³/mol. The summed E-state index contributed by atoms with van der Waals surface area (Å²) >= 11 is 0. The maximum absolute atomic E-state index is 12.4. The maximum atomic E-state index is 12.4. The van der Waals surface area contributed by atoms with Gasteiger partial charge in [0.25, 0.3) is 0 Å². The number of carbonyl (C=O) groups is 1. The van der Waals surface area contributed by atoms with Gasteiger partial charge >= 0.3 is 0 Å². The van der Waals surface area contributed by atoms with Crippen LogP contribution in [0.4, 0.5) is 0 Å². The number of nitrogens with two attached hydrogens (primary N) is 1. The normalized spacial score (nSPS) is 17.4. The third-order valence-electron chi connectivity index (χ3n) is 4.28. The lowest BCUT2D eigenvalue weighted by atomic mass is 9.94. The Morgan fingerprint density at radius 2 is 1.95 bits per heavy atom. The van der Waals surface area contributed by atoms with E-state index in [0.717, 1.165) is 18.4 Å². The second kappa shape index (κ2) is 6.80. The van der Waals surface area contributed by atoms with E-state index in [1.54, 1.807) is 11.0 Å². The Kier molecular flexibility index (Phi) is 5.07. The quantitative estimate of drug-likeness (QED) is 0.738. The number of likely N-dealkylation sites (N-methyl/N-ethyl adjacent to an activating group) is 1. The molecule has 0 aromatic heterocycles. The van der Waals surface area contributed by atoms with Crippen LogP contribution in [-0.2, 0) is 11.2 Å². The summed E-state index contributed by atoms with van der Waals surface area (Å²) in [5.74, 6) is -0.416. The number of carbonyl (C=O) groups excluding carboxylic acids is 1. The molecule has 0 aliphatic heterocycles. The Bertz CT molecular complexity index is 498. The van der Waals surface area contributed by atoms with Gasteiger partial charge in [0.1, 0.15) is 0 Å². The number of aromatic hydroxyl groups is 2. The Hall–Kier alpha value is -1.75. The first-order chi connectivity index (χ1) is 9.99. The Balaban J connectivity index is 1.96. The second-order valence-corrected chi connectivity index (χ2v) is 5.87. The molecule has 116 valence electrons. The monoisotopic (exact) mass is 292 g/mol. The summed E-state index contributed by atoms with van der Waals surface area (Å²) < 4.78 is 0. The zero-order chi connectivity index (χ0) is 15.4. The van der Waals surface area contributed by atoms with Crippen molar-refractivity contribution < 1.29 is 15.0 Å². The molecular weight excluding hydrogens is 268 g/mol. The average molecular weight is 292 g/mol. The number of benzene rings is 1. The fourth-order valence-electron chi connectivity index (χ4n) is 2.95. The highest BCUT2D eigenvalue weighted by atomic mass is 16.3. The van der Waals surface area contributed by atoms with Crippen molar-refractivity contribution in [2.24, 2.45) is 5.73 Å². The van der Waals surface area contributed by atoms with Crippen molar-refractivity contribution in [2.45, 2.75) is 50.6 Å². The van der Waals surface area contributed by atoms with Crippen LogP contribution in [0, 0.1) is 0 Å². The fraction of sp³-hybridized carbons (Fsp3) is 0.562. The van der Waals surface area contributed by atoms with E-state index in [0.29, 0.717) is 12.5 Å². The molecule has 0 unspecified atom stereocenters. The summed E-state index contributed by atoms with van der Waals surface area (Å²) in [5, 5.41) is 18.8. The van der Waals surface area contributed by atoms with Gasteiger partial charge in [-0.3, -0.25) is 4.79 Å². The molecule has 21 heavy (non-hydrogen) atoms. The minimum atomic E-state index is -0.624. The van der Waals surface area contributed by atoms with Gasteiger partial charge in [-0.2, -0.15) is 0 Å². The smallest absolute Gasteiger partial charge is 0.239 e. The van der Waals surface area contributed by atoms with Crippen LogP contribution in [0.15, 0.2) is 18.2 Å². The molecule has 1 aliphatic carbocycles. The first kappa shape index (κ1) is 15.6. The molecule has 0 heterocycles. The average Bonchev–Trinajstić information content (AvgIpc) is 2.50. The summed E-state index contributed by atoms with van der Waals surface area (Å²) in [4.78, 5) is 14.2. The minimum Gasteiger partial charge on any atom is -0.504 e. The van der Waals surface area contributed by atoms with Gasteiger partial charge in [0.15, 0.2) is 11.5 Å². The number of hydrogen-bond donors (Lipinski definition) is 3. The number of phenols is 2. The zero-order valence-corrected chi connectivity index (χ0v) is 12.5. The molecule has 4 N–H and O–H groups in total. The topological polar surface area (TPSA) is 86.8 Å². The first-order valence-corrected chi connectivity index (χ1v) is 7.52. The van der Waals surface area contributed by atoms with Crippen LogP contribution < -0.4 is 5.73 Å². The highest BCUT2D eigenvalue weighted by Crippen LogP contribution is 2.26. The van der Waals surface area contributed by atoms with Crippen molar-refractivity contribution >= 4 is 5.91 Å². The molecule has 0 bridgehead atoms. The van der Waals surface area contributed by atoms with Crippen LogP contribution in [0.3, 0.4) is 0 Å². The number of rotatable bonds is 4. The zero-order valence-electron chi connectivity index (χ0n) is 12.5. The third-order valence-corrected chi connectivity index (χ3v) is 4.28. The van der Waals surface area contributed by atoms with Gasteiger partial charge in [0.05, 0.1) is 6.04 Å². The number of amides is 1. The standard InChI is InChI=1S/C16H24N2O3/c1-18(12-5-3-2-4-6-12)16(21)13(17)9-11-7-8-14(19)15(20)10-11/h7-8,10,12-13,19-20H,2-6,9,17H2,1H3/t13-/m0/s1. The lowest BCUT2D eigenvalue weighted by Gasteiger charge is -2.33. The van der Waals surface area contributed by atoms with Gasteiger partial charge in [-0.25, -0.2) is 0 Å². The molecule has 1 atom stereocenters. The van der Waals surface area contributed by atoms with E-state index in [4.69, 9.17) is 5.73 Å². The summed E-state index contributed by atoms with van der Waals surface area (Å²) in [7, 11) is 1.83. The van der Waals surface area contributed by atoms with Gasteiger partial charge in [-0.05, 0) is 37.0 Å². The summed E-state index contributed by atoms with van der Waals surface area (Å²) in [6, 6.07) is 4.20. The van der Waals surface area contributed by atoms with Crippen molar-refractivity contribution in [2.75, 3.05) is 7.05 Å². The van der Waals surface area contributed by atoms with Crippen LogP contribution in [0.5, 0.6) is 11.5 Å². The first-order valence-electron chi connectivity index (χ1n) is 7.52. The lowest BCUT2D eigenvalue weighted by molar-refractivity contribution is -0.133. The molecule has 1 saturated carbocycles. The van der Waals surface area contributed by atoms with Gasteiger partial charge < -0.3 is 20.8 Å². The van der Waals surface area contributed by atoms with E-state index in [9.17, 15) is 15.0 Å². The van der Waals surface area contributed by atoms with Crippen molar-refractivity contribution in [1.82, 2.24) is 4.90 Å². The van der Waals surface area contributed by atoms with E-state index in [2.05, 4.69) is 0 Å². The van der Waals surface area contributed by atoms with Gasteiger partial charge in [-0.1, -0.05) is 25.3 Å². The van der Waals surface area contributed by atoms with Crippen LogP contribution in [0.25, 0.3) is 0 Å². The molecule has 2 rings (SSSR count). The van der Waals surface area contributed by atoms with E-state index >= 15 is 0 Å². The Morgan fingerprint density at radius 3 is 2.57 bits per heavy atom. The SMILES string of the molecule is CN(C(=O)[C@@H](N)Cc1ccc(O)c(O)c1)C1CCCCC1. The summed E-state index contributed by atoms with van der Waals surface area (Å²) in [6.45, 7) is 0. The van der Waals surface area contributed by atoms with Crippen molar-refractivity contribution in [1.29, 1.82) is 0 Å². The molecule has 5 nitrogen and oxygen atoms in total. The van der Waals surface area contributed by atoms with Crippen LogP contribution in [-0.4, -0.2) is 40.2 Å². The lowest BCUT2D eigenvalue weighted by Crippen LogP contribution is -2.48. The van der Waals surface area contributed by atoms with Crippen molar-refractivity contribution in [3.8, 4) is 11.5 Å². The summed E-state index contributed by atoms with van der Waals surface area (Å²) in [5.41, 5.74) is 6.75. The van der Waals surface area contributed by atoms with Crippen molar-refractivity contribution in [3.05, 3.63) is 23.8 Å². The molecule has 1 aromatic rings. The third kappa shape index (κ3) is 3.88.